The van der Waals surface area contributed by atoms with Crippen molar-refractivity contribution in [1.29, 1.82) is 0 Å². The highest BCUT2D eigenvalue weighted by Crippen LogP contribution is 2.30. The van der Waals surface area contributed by atoms with Gasteiger partial charge in [0.2, 0.25) is 11.8 Å². The number of fused-ring (bicyclic) bond motifs is 1. The molecule has 0 saturated heterocycles. The van der Waals surface area contributed by atoms with Gasteiger partial charge >= 0.3 is 0 Å². The van der Waals surface area contributed by atoms with Crippen LogP contribution < -0.4 is 5.32 Å². The quantitative estimate of drug-likeness (QED) is 0.929. The number of hydrogen-bond acceptors (Lipinski definition) is 2. The molecule has 1 saturated carbocycles. The predicted molar refractivity (Wildman–Crippen MR) is 89.7 cm³/mol. The molecule has 4 nitrogen and oxygen atoms in total. The van der Waals surface area contributed by atoms with Gasteiger partial charge in [0.1, 0.15) is 6.04 Å². The van der Waals surface area contributed by atoms with E-state index >= 15 is 0 Å². The Balaban J connectivity index is 1.71. The minimum Gasteiger partial charge on any atom is -0.357 e. The molecular weight excluding hydrogens is 288 g/mol. The van der Waals surface area contributed by atoms with Gasteiger partial charge in [0.05, 0.1) is 0 Å². The zero-order chi connectivity index (χ0) is 16.2. The highest BCUT2D eigenvalue weighted by atomic mass is 16.2. The summed E-state index contributed by atoms with van der Waals surface area (Å²) >= 11 is 0. The van der Waals surface area contributed by atoms with Crippen molar-refractivity contribution in [2.24, 2.45) is 5.92 Å². The average Bonchev–Trinajstić information content (AvgIpc) is 3.11. The van der Waals surface area contributed by atoms with Crippen LogP contribution in [0.2, 0.25) is 0 Å². The molecule has 1 heterocycles. The summed E-state index contributed by atoms with van der Waals surface area (Å²) in [5.74, 6) is 0.767. The van der Waals surface area contributed by atoms with Gasteiger partial charge in [-0.15, -0.1) is 0 Å². The highest BCUT2D eigenvalue weighted by molar-refractivity contribution is 5.88. The van der Waals surface area contributed by atoms with Gasteiger partial charge in [-0.1, -0.05) is 49.9 Å². The Morgan fingerprint density at radius 3 is 2.57 bits per heavy atom. The number of hydrogen-bond donors (Lipinski definition) is 1. The van der Waals surface area contributed by atoms with E-state index in [4.69, 9.17) is 0 Å². The largest absolute Gasteiger partial charge is 0.357 e. The van der Waals surface area contributed by atoms with E-state index < -0.39 is 0 Å². The molecule has 2 amide bonds. The third-order valence-electron chi connectivity index (χ3n) is 5.36. The minimum atomic E-state index is -0.369. The molecule has 124 valence electrons. The number of amides is 2. The fourth-order valence-electron chi connectivity index (χ4n) is 3.96. The number of nitrogens with zero attached hydrogens (tertiary/aromatic N) is 1. The fraction of sp³-hybridized carbons (Fsp3) is 0.579. The molecule has 1 aromatic rings. The van der Waals surface area contributed by atoms with Crippen molar-refractivity contribution in [3.63, 3.8) is 0 Å². The van der Waals surface area contributed by atoms with E-state index in [1.165, 1.54) is 36.8 Å². The molecule has 2 aliphatic rings. The molecule has 23 heavy (non-hydrogen) atoms. The molecular formula is C19H26N2O2. The summed E-state index contributed by atoms with van der Waals surface area (Å²) in [5, 5.41) is 2.71. The van der Waals surface area contributed by atoms with Gasteiger partial charge in [-0.05, 0) is 23.5 Å². The standard InChI is InChI=1S/C19H26N2O2/c1-20-19(23)17-12-15-8-4-5-9-16(15)13-21(17)18(22)11-10-14-6-2-3-7-14/h4-5,8-9,14,17H,2-3,6-7,10-13H2,1H3,(H,20,23)/t17-/m0/s1. The van der Waals surface area contributed by atoms with Crippen molar-refractivity contribution in [3.05, 3.63) is 35.4 Å². The minimum absolute atomic E-state index is 0.0614. The highest BCUT2D eigenvalue weighted by Gasteiger charge is 2.34. The van der Waals surface area contributed by atoms with Gasteiger partial charge in [-0.2, -0.15) is 0 Å². The van der Waals surface area contributed by atoms with Gasteiger partial charge in [-0.25, -0.2) is 0 Å². The van der Waals surface area contributed by atoms with Gasteiger partial charge in [0.25, 0.3) is 0 Å². The molecule has 1 aliphatic heterocycles. The lowest BCUT2D eigenvalue weighted by Crippen LogP contribution is -2.51. The summed E-state index contributed by atoms with van der Waals surface area (Å²) in [4.78, 5) is 26.8. The number of rotatable bonds is 4. The van der Waals surface area contributed by atoms with Gasteiger partial charge in [-0.3, -0.25) is 9.59 Å². The first kappa shape index (κ1) is 16.0. The van der Waals surface area contributed by atoms with Crippen LogP contribution in [0.4, 0.5) is 0 Å². The van der Waals surface area contributed by atoms with E-state index in [-0.39, 0.29) is 17.9 Å². The summed E-state index contributed by atoms with van der Waals surface area (Å²) in [5.41, 5.74) is 2.35. The van der Waals surface area contributed by atoms with Crippen LogP contribution in [0.5, 0.6) is 0 Å². The molecule has 1 fully saturated rings. The van der Waals surface area contributed by atoms with E-state index in [9.17, 15) is 9.59 Å². The molecule has 3 rings (SSSR count). The second-order valence-corrected chi connectivity index (χ2v) is 6.81. The molecule has 0 unspecified atom stereocenters. The lowest BCUT2D eigenvalue weighted by Gasteiger charge is -2.36. The summed E-state index contributed by atoms with van der Waals surface area (Å²) < 4.78 is 0. The van der Waals surface area contributed by atoms with Crippen molar-refractivity contribution in [3.8, 4) is 0 Å². The fourth-order valence-corrected chi connectivity index (χ4v) is 3.96. The normalized spacial score (nSPS) is 21.1. The summed E-state index contributed by atoms with van der Waals surface area (Å²) in [6.07, 6.45) is 7.28. The SMILES string of the molecule is CNC(=O)[C@@H]1Cc2ccccc2CN1C(=O)CCC1CCCC1. The van der Waals surface area contributed by atoms with Gasteiger partial charge in [0.15, 0.2) is 0 Å². The molecule has 1 atom stereocenters. The molecule has 0 radical (unpaired) electrons. The van der Waals surface area contributed by atoms with Crippen molar-refractivity contribution in [2.45, 2.75) is 57.5 Å². The van der Waals surface area contributed by atoms with Crippen LogP contribution in [-0.2, 0) is 22.6 Å². The maximum atomic E-state index is 12.7. The van der Waals surface area contributed by atoms with E-state index in [2.05, 4.69) is 17.4 Å². The lowest BCUT2D eigenvalue weighted by atomic mass is 9.92. The predicted octanol–water partition coefficient (Wildman–Crippen LogP) is 2.66. The summed E-state index contributed by atoms with van der Waals surface area (Å²) in [6, 6.07) is 7.75. The van der Waals surface area contributed by atoms with Crippen LogP contribution in [0.1, 0.15) is 49.7 Å². The first-order valence-corrected chi connectivity index (χ1v) is 8.77. The Morgan fingerprint density at radius 2 is 1.87 bits per heavy atom. The Bertz CT molecular complexity index is 578. The van der Waals surface area contributed by atoms with Crippen LogP contribution in [0.25, 0.3) is 0 Å². The maximum Gasteiger partial charge on any atom is 0.242 e. The molecule has 4 heteroatoms. The summed E-state index contributed by atoms with van der Waals surface area (Å²) in [7, 11) is 1.64. The van der Waals surface area contributed by atoms with Crippen LogP contribution in [0.3, 0.4) is 0 Å². The van der Waals surface area contributed by atoms with Crippen LogP contribution in [-0.4, -0.2) is 29.8 Å². The zero-order valence-corrected chi connectivity index (χ0v) is 13.9. The average molecular weight is 314 g/mol. The second kappa shape index (κ2) is 7.16. The van der Waals surface area contributed by atoms with E-state index in [0.717, 1.165) is 6.42 Å². The van der Waals surface area contributed by atoms with Crippen LogP contribution in [0, 0.1) is 5.92 Å². The molecule has 0 spiro atoms. The number of carbonyl (C=O) groups is 2. The molecule has 1 aromatic carbocycles. The van der Waals surface area contributed by atoms with E-state index in [0.29, 0.717) is 25.3 Å². The zero-order valence-electron chi connectivity index (χ0n) is 13.9. The van der Waals surface area contributed by atoms with Crippen molar-refractivity contribution < 1.29 is 9.59 Å². The Labute approximate surface area is 138 Å². The number of benzene rings is 1. The van der Waals surface area contributed by atoms with Gasteiger partial charge < -0.3 is 10.2 Å². The van der Waals surface area contributed by atoms with Gasteiger partial charge in [0, 0.05) is 26.4 Å². The topological polar surface area (TPSA) is 49.4 Å². The number of nitrogens with one attached hydrogen (secondary N) is 1. The lowest BCUT2D eigenvalue weighted by molar-refractivity contribution is -0.141. The number of carbonyl (C=O) groups excluding carboxylic acids is 2. The third kappa shape index (κ3) is 3.57. The molecule has 0 aromatic heterocycles. The first-order valence-electron chi connectivity index (χ1n) is 8.77. The third-order valence-corrected chi connectivity index (χ3v) is 5.36. The molecule has 1 aliphatic carbocycles. The monoisotopic (exact) mass is 314 g/mol. The van der Waals surface area contributed by atoms with E-state index in [1.54, 1.807) is 11.9 Å². The summed E-state index contributed by atoms with van der Waals surface area (Å²) in [6.45, 7) is 0.553. The second-order valence-electron chi connectivity index (χ2n) is 6.81. The first-order chi connectivity index (χ1) is 11.2. The molecule has 1 N–H and O–H groups in total. The van der Waals surface area contributed by atoms with Crippen LogP contribution >= 0.6 is 0 Å². The Morgan fingerprint density at radius 1 is 1.17 bits per heavy atom. The Kier molecular flexibility index (Phi) is 4.99. The van der Waals surface area contributed by atoms with Crippen molar-refractivity contribution in [2.75, 3.05) is 7.05 Å². The molecule has 0 bridgehead atoms. The van der Waals surface area contributed by atoms with Crippen LogP contribution in [0.15, 0.2) is 24.3 Å². The van der Waals surface area contributed by atoms with Crippen molar-refractivity contribution >= 4 is 11.8 Å². The smallest absolute Gasteiger partial charge is 0.242 e. The maximum absolute atomic E-state index is 12.7. The van der Waals surface area contributed by atoms with Crippen molar-refractivity contribution in [1.82, 2.24) is 10.2 Å². The number of likely N-dealkylation sites (N-methyl/N-ethyl adjacent to an activating group) is 1. The van der Waals surface area contributed by atoms with E-state index in [1.807, 2.05) is 12.1 Å². The Hall–Kier alpha value is -1.84.